The molecule has 0 saturated carbocycles. The average Bonchev–Trinajstić information content (AvgIpc) is 2.61. The summed E-state index contributed by atoms with van der Waals surface area (Å²) in [6.45, 7) is 0. The van der Waals surface area contributed by atoms with Crippen LogP contribution in [0.4, 0.5) is 18.9 Å². The molecule has 1 aliphatic rings. The van der Waals surface area contributed by atoms with E-state index in [4.69, 9.17) is 0 Å². The van der Waals surface area contributed by atoms with Crippen LogP contribution in [0.15, 0.2) is 21.9 Å². The second-order valence-electron chi connectivity index (χ2n) is 2.98. The summed E-state index contributed by atoms with van der Waals surface area (Å²) in [7, 11) is 0. The van der Waals surface area contributed by atoms with Gasteiger partial charge in [0.2, 0.25) is 0 Å². The van der Waals surface area contributed by atoms with E-state index in [2.05, 4.69) is 0 Å². The van der Waals surface area contributed by atoms with Crippen molar-refractivity contribution in [2.24, 2.45) is 0 Å². The Morgan fingerprint density at radius 2 is 2.00 bits per heavy atom. The molecule has 1 heterocycles. The molecule has 0 radical (unpaired) electrons. The Hall–Kier alpha value is -0.890. The van der Waals surface area contributed by atoms with Gasteiger partial charge in [0.25, 0.3) is 5.69 Å². The van der Waals surface area contributed by atoms with Gasteiger partial charge in [-0.2, -0.15) is 13.2 Å². The lowest BCUT2D eigenvalue weighted by Crippen LogP contribution is -2.06. The summed E-state index contributed by atoms with van der Waals surface area (Å²) in [6, 6.07) is 1.56. The minimum absolute atomic E-state index is 0.336. The van der Waals surface area contributed by atoms with Crippen molar-refractivity contribution in [2.45, 2.75) is 16.0 Å². The van der Waals surface area contributed by atoms with Crippen LogP contribution in [0.1, 0.15) is 5.56 Å². The number of nitro groups is 1. The number of alkyl halides is 3. The third kappa shape index (κ3) is 1.99. The first-order valence-corrected chi connectivity index (χ1v) is 6.02. The first-order chi connectivity index (χ1) is 7.39. The van der Waals surface area contributed by atoms with Gasteiger partial charge in [-0.1, -0.05) is 0 Å². The summed E-state index contributed by atoms with van der Waals surface area (Å²) in [5, 5.41) is 11.2. The van der Waals surface area contributed by atoms with E-state index in [-0.39, 0.29) is 0 Å². The molecule has 8 heteroatoms. The Balaban J connectivity index is 2.61. The molecule has 0 N–H and O–H groups in total. The second-order valence-corrected chi connectivity index (χ2v) is 5.35. The molecule has 0 atom stereocenters. The van der Waals surface area contributed by atoms with Crippen molar-refractivity contribution in [3.63, 3.8) is 0 Å². The quantitative estimate of drug-likeness (QED) is 0.574. The number of nitro benzene ring substituents is 1. The van der Waals surface area contributed by atoms with Gasteiger partial charge in [-0.3, -0.25) is 10.1 Å². The fourth-order valence-corrected chi connectivity index (χ4v) is 3.79. The largest absolute Gasteiger partial charge is 0.416 e. The van der Waals surface area contributed by atoms with E-state index >= 15 is 0 Å². The van der Waals surface area contributed by atoms with Crippen molar-refractivity contribution in [3.8, 4) is 0 Å². The number of fused-ring (bicyclic) bond motifs is 1. The Labute approximate surface area is 96.6 Å². The highest BCUT2D eigenvalue weighted by Gasteiger charge is 2.35. The Morgan fingerprint density at radius 1 is 1.31 bits per heavy atom. The number of halogens is 3. The fraction of sp³-hybridized carbons (Fsp3) is 0.250. The maximum absolute atomic E-state index is 12.5. The Bertz CT molecular complexity index is 461. The third-order valence-corrected chi connectivity index (χ3v) is 4.40. The lowest BCUT2D eigenvalue weighted by molar-refractivity contribution is -0.388. The van der Waals surface area contributed by atoms with Gasteiger partial charge in [-0.25, -0.2) is 0 Å². The minimum atomic E-state index is -4.55. The van der Waals surface area contributed by atoms with Crippen molar-refractivity contribution in [3.05, 3.63) is 27.8 Å². The zero-order chi connectivity index (χ0) is 11.9. The molecule has 1 aliphatic heterocycles. The predicted molar refractivity (Wildman–Crippen MR) is 54.7 cm³/mol. The summed E-state index contributed by atoms with van der Waals surface area (Å²) in [6.07, 6.45) is -4.55. The lowest BCUT2D eigenvalue weighted by atomic mass is 10.2. The van der Waals surface area contributed by atoms with Gasteiger partial charge in [0, 0.05) is 16.0 Å². The van der Waals surface area contributed by atoms with Crippen molar-refractivity contribution in [2.75, 3.05) is 5.08 Å². The van der Waals surface area contributed by atoms with Crippen LogP contribution in [0, 0.1) is 10.1 Å². The van der Waals surface area contributed by atoms with Crippen molar-refractivity contribution in [1.29, 1.82) is 0 Å². The highest BCUT2D eigenvalue weighted by molar-refractivity contribution is 8.18. The molecule has 16 heavy (non-hydrogen) atoms. The molecular formula is C8H4F3NO2S2. The molecule has 0 bridgehead atoms. The first-order valence-electron chi connectivity index (χ1n) is 4.05. The van der Waals surface area contributed by atoms with Crippen LogP contribution >= 0.6 is 23.5 Å². The molecule has 1 aromatic carbocycles. The lowest BCUT2D eigenvalue weighted by Gasteiger charge is -2.08. The molecule has 86 valence electrons. The van der Waals surface area contributed by atoms with E-state index in [1.807, 2.05) is 0 Å². The first kappa shape index (κ1) is 11.6. The molecule has 0 aromatic heterocycles. The van der Waals surface area contributed by atoms with Gasteiger partial charge in [0.1, 0.15) is 0 Å². The zero-order valence-electron chi connectivity index (χ0n) is 7.58. The highest BCUT2D eigenvalue weighted by atomic mass is 32.2. The predicted octanol–water partition coefficient (Wildman–Crippen LogP) is 3.77. The van der Waals surface area contributed by atoms with Gasteiger partial charge in [-0.05, 0) is 6.07 Å². The number of thioether (sulfide) groups is 2. The maximum atomic E-state index is 12.5. The van der Waals surface area contributed by atoms with Crippen LogP contribution in [0.25, 0.3) is 0 Å². The minimum Gasteiger partial charge on any atom is -0.258 e. The van der Waals surface area contributed by atoms with E-state index in [9.17, 15) is 23.3 Å². The average molecular weight is 267 g/mol. The van der Waals surface area contributed by atoms with E-state index in [1.54, 1.807) is 0 Å². The molecule has 3 nitrogen and oxygen atoms in total. The van der Waals surface area contributed by atoms with E-state index in [0.717, 1.165) is 6.07 Å². The Morgan fingerprint density at radius 3 is 2.56 bits per heavy atom. The molecule has 0 saturated heterocycles. The topological polar surface area (TPSA) is 43.1 Å². The normalized spacial score (nSPS) is 14.9. The van der Waals surface area contributed by atoms with Gasteiger partial charge in [0.05, 0.1) is 15.4 Å². The summed E-state index contributed by atoms with van der Waals surface area (Å²) < 4.78 is 37.4. The summed E-state index contributed by atoms with van der Waals surface area (Å²) >= 11 is 2.38. The van der Waals surface area contributed by atoms with E-state index in [0.29, 0.717) is 20.9 Å². The SMILES string of the molecule is O=[N+]([O-])c1cc(C(F)(F)F)cc2c1SCS2. The van der Waals surface area contributed by atoms with Gasteiger partial charge in [0.15, 0.2) is 0 Å². The standard InChI is InChI=1S/C8H4F3NO2S2/c9-8(10,11)4-1-5(12(13)14)7-6(2-4)15-3-16-7/h1-2H,3H2. The highest BCUT2D eigenvalue weighted by Crippen LogP contribution is 2.49. The van der Waals surface area contributed by atoms with Crippen LogP contribution in [0.3, 0.4) is 0 Å². The smallest absolute Gasteiger partial charge is 0.258 e. The molecular weight excluding hydrogens is 263 g/mol. The molecule has 1 aromatic rings. The summed E-state index contributed by atoms with van der Waals surface area (Å²) in [5.74, 6) is 0. The van der Waals surface area contributed by atoms with Gasteiger partial charge in [-0.15, -0.1) is 23.5 Å². The van der Waals surface area contributed by atoms with Crippen molar-refractivity contribution in [1.82, 2.24) is 0 Å². The van der Waals surface area contributed by atoms with E-state index < -0.39 is 22.4 Å². The van der Waals surface area contributed by atoms with E-state index in [1.165, 1.54) is 23.5 Å². The number of nitrogens with zero attached hydrogens (tertiary/aromatic N) is 1. The monoisotopic (exact) mass is 267 g/mol. The zero-order valence-corrected chi connectivity index (χ0v) is 9.21. The second kappa shape index (κ2) is 3.85. The van der Waals surface area contributed by atoms with Crippen LogP contribution < -0.4 is 0 Å². The number of benzene rings is 1. The van der Waals surface area contributed by atoms with Crippen LogP contribution in [0.5, 0.6) is 0 Å². The third-order valence-electron chi connectivity index (χ3n) is 1.98. The number of rotatable bonds is 1. The van der Waals surface area contributed by atoms with Gasteiger partial charge >= 0.3 is 6.18 Å². The molecule has 0 aliphatic carbocycles. The van der Waals surface area contributed by atoms with Crippen LogP contribution in [-0.2, 0) is 6.18 Å². The fourth-order valence-electron chi connectivity index (χ4n) is 1.29. The summed E-state index contributed by atoms with van der Waals surface area (Å²) in [4.78, 5) is 10.6. The molecule has 0 unspecified atom stereocenters. The van der Waals surface area contributed by atoms with Gasteiger partial charge < -0.3 is 0 Å². The molecule has 0 fully saturated rings. The summed E-state index contributed by atoms with van der Waals surface area (Å²) in [5.41, 5.74) is -1.42. The molecule has 0 spiro atoms. The maximum Gasteiger partial charge on any atom is 0.416 e. The Kier molecular flexibility index (Phi) is 2.79. The molecule has 0 amide bonds. The van der Waals surface area contributed by atoms with Crippen LogP contribution in [-0.4, -0.2) is 10.0 Å². The van der Waals surface area contributed by atoms with Crippen LogP contribution in [0.2, 0.25) is 0 Å². The van der Waals surface area contributed by atoms with Crippen molar-refractivity contribution >= 4 is 29.2 Å². The molecule has 2 rings (SSSR count). The number of hydrogen-bond acceptors (Lipinski definition) is 4. The van der Waals surface area contributed by atoms with Crippen molar-refractivity contribution < 1.29 is 18.1 Å². The number of hydrogen-bond donors (Lipinski definition) is 0.